The van der Waals surface area contributed by atoms with Crippen molar-refractivity contribution in [3.05, 3.63) is 35.4 Å². The van der Waals surface area contributed by atoms with Crippen LogP contribution >= 0.6 is 0 Å². The van der Waals surface area contributed by atoms with Gasteiger partial charge in [-0.05, 0) is 31.5 Å². The van der Waals surface area contributed by atoms with Crippen molar-refractivity contribution in [3.63, 3.8) is 0 Å². The van der Waals surface area contributed by atoms with Gasteiger partial charge in [0.1, 0.15) is 0 Å². The molecule has 2 nitrogen and oxygen atoms in total. The lowest BCUT2D eigenvalue weighted by molar-refractivity contribution is -0.0597. The highest BCUT2D eigenvalue weighted by Gasteiger charge is 2.36. The summed E-state index contributed by atoms with van der Waals surface area (Å²) in [5.74, 6) is 0.575. The Hall–Kier alpha value is -0.860. The number of ether oxygens (including phenoxy) is 1. The van der Waals surface area contributed by atoms with Crippen LogP contribution in [0.5, 0.6) is 0 Å². The third-order valence-corrected chi connectivity index (χ3v) is 3.96. The van der Waals surface area contributed by atoms with Crippen LogP contribution in [0, 0.1) is 0 Å². The largest absolute Gasteiger partial charge is 0.370 e. The Balaban J connectivity index is 2.00. The molecule has 0 aromatic heterocycles. The van der Waals surface area contributed by atoms with Crippen LogP contribution in [0.3, 0.4) is 0 Å². The molecule has 0 amide bonds. The molecule has 1 aromatic rings. The molecular weight excluding hydrogens is 198 g/mol. The van der Waals surface area contributed by atoms with Gasteiger partial charge in [0.2, 0.25) is 0 Å². The highest BCUT2D eigenvalue weighted by molar-refractivity contribution is 5.35. The molecule has 3 atom stereocenters. The van der Waals surface area contributed by atoms with E-state index in [0.29, 0.717) is 12.0 Å². The summed E-state index contributed by atoms with van der Waals surface area (Å²) in [6, 6.07) is 8.77. The summed E-state index contributed by atoms with van der Waals surface area (Å²) in [6.45, 7) is 4.47. The van der Waals surface area contributed by atoms with Crippen molar-refractivity contribution in [2.24, 2.45) is 0 Å². The number of likely N-dealkylation sites (N-methyl/N-ethyl adjacent to an activating group) is 1. The topological polar surface area (TPSA) is 12.5 Å². The van der Waals surface area contributed by atoms with Crippen molar-refractivity contribution in [2.75, 3.05) is 20.1 Å². The Bertz CT molecular complexity index is 390. The van der Waals surface area contributed by atoms with Gasteiger partial charge in [0.05, 0.1) is 12.2 Å². The minimum atomic E-state index is 0.265. The first kappa shape index (κ1) is 10.3. The van der Waals surface area contributed by atoms with E-state index in [1.165, 1.54) is 17.5 Å². The van der Waals surface area contributed by atoms with Gasteiger partial charge in [-0.3, -0.25) is 0 Å². The molecule has 2 heteroatoms. The zero-order chi connectivity index (χ0) is 11.1. The molecule has 0 bridgehead atoms. The monoisotopic (exact) mass is 217 g/mol. The molecule has 16 heavy (non-hydrogen) atoms. The Morgan fingerprint density at radius 2 is 2.00 bits per heavy atom. The SMILES string of the molecule is CC1O[C@H]2CCN(C)C[C@@H]2c2ccccc21. The van der Waals surface area contributed by atoms with Crippen LogP contribution in [0.25, 0.3) is 0 Å². The third kappa shape index (κ3) is 1.57. The van der Waals surface area contributed by atoms with Crippen LogP contribution in [-0.2, 0) is 4.74 Å². The van der Waals surface area contributed by atoms with Crippen molar-refractivity contribution in [2.45, 2.75) is 31.5 Å². The van der Waals surface area contributed by atoms with E-state index in [1.807, 2.05) is 0 Å². The summed E-state index contributed by atoms with van der Waals surface area (Å²) in [5.41, 5.74) is 2.90. The van der Waals surface area contributed by atoms with Crippen molar-refractivity contribution in [3.8, 4) is 0 Å². The lowest BCUT2D eigenvalue weighted by atomic mass is 9.81. The van der Waals surface area contributed by atoms with Crippen LogP contribution in [0.2, 0.25) is 0 Å². The molecule has 1 saturated heterocycles. The number of nitrogens with zero attached hydrogens (tertiary/aromatic N) is 1. The lowest BCUT2D eigenvalue weighted by Crippen LogP contribution is -2.43. The van der Waals surface area contributed by atoms with Crippen molar-refractivity contribution in [1.82, 2.24) is 4.90 Å². The second-order valence-corrected chi connectivity index (χ2v) is 5.10. The first-order chi connectivity index (χ1) is 7.75. The first-order valence-corrected chi connectivity index (χ1v) is 6.18. The molecule has 2 heterocycles. The van der Waals surface area contributed by atoms with E-state index in [1.54, 1.807) is 0 Å². The average molecular weight is 217 g/mol. The standard InChI is InChI=1S/C14H19NO/c1-10-11-5-3-4-6-12(11)13-9-15(2)8-7-14(13)16-10/h3-6,10,13-14H,7-9H2,1-2H3/t10?,13-,14+/m1/s1. The molecule has 0 aliphatic carbocycles. The fourth-order valence-electron chi connectivity index (χ4n) is 3.11. The van der Waals surface area contributed by atoms with Crippen LogP contribution in [0.4, 0.5) is 0 Å². The van der Waals surface area contributed by atoms with Crippen LogP contribution in [-0.4, -0.2) is 31.1 Å². The van der Waals surface area contributed by atoms with Gasteiger partial charge in [0, 0.05) is 19.0 Å². The molecule has 1 aromatic carbocycles. The van der Waals surface area contributed by atoms with Crippen LogP contribution in [0.1, 0.15) is 36.5 Å². The molecule has 0 spiro atoms. The Morgan fingerprint density at radius 1 is 1.25 bits per heavy atom. The Morgan fingerprint density at radius 3 is 2.81 bits per heavy atom. The predicted molar refractivity (Wildman–Crippen MR) is 64.6 cm³/mol. The zero-order valence-electron chi connectivity index (χ0n) is 10.0. The summed E-state index contributed by atoms with van der Waals surface area (Å²) < 4.78 is 6.14. The number of rotatable bonds is 0. The number of fused-ring (bicyclic) bond motifs is 3. The maximum atomic E-state index is 6.14. The zero-order valence-corrected chi connectivity index (χ0v) is 10.0. The minimum absolute atomic E-state index is 0.265. The summed E-state index contributed by atoms with van der Waals surface area (Å²) in [6.07, 6.45) is 1.86. The van der Waals surface area contributed by atoms with Crippen LogP contribution in [0.15, 0.2) is 24.3 Å². The number of piperidine rings is 1. The molecule has 1 fully saturated rings. The predicted octanol–water partition coefficient (Wildman–Crippen LogP) is 2.57. The van der Waals surface area contributed by atoms with Gasteiger partial charge in [-0.25, -0.2) is 0 Å². The summed E-state index contributed by atoms with van der Waals surface area (Å²) >= 11 is 0. The molecule has 2 aliphatic heterocycles. The van der Waals surface area contributed by atoms with E-state index in [0.717, 1.165) is 13.1 Å². The van der Waals surface area contributed by atoms with E-state index in [-0.39, 0.29) is 6.10 Å². The molecule has 86 valence electrons. The lowest BCUT2D eigenvalue weighted by Gasteiger charge is -2.43. The van der Waals surface area contributed by atoms with E-state index < -0.39 is 0 Å². The Labute approximate surface area is 97.2 Å². The number of benzene rings is 1. The van der Waals surface area contributed by atoms with Crippen molar-refractivity contribution >= 4 is 0 Å². The van der Waals surface area contributed by atoms with Gasteiger partial charge in [0.25, 0.3) is 0 Å². The van der Waals surface area contributed by atoms with Gasteiger partial charge in [-0.1, -0.05) is 24.3 Å². The number of likely N-dealkylation sites (tertiary alicyclic amines) is 1. The molecule has 3 rings (SSSR count). The fraction of sp³-hybridized carbons (Fsp3) is 0.571. The van der Waals surface area contributed by atoms with E-state index in [2.05, 4.69) is 43.1 Å². The minimum Gasteiger partial charge on any atom is -0.370 e. The van der Waals surface area contributed by atoms with Gasteiger partial charge in [0.15, 0.2) is 0 Å². The fourth-order valence-corrected chi connectivity index (χ4v) is 3.11. The number of hydrogen-bond donors (Lipinski definition) is 0. The summed E-state index contributed by atoms with van der Waals surface area (Å²) in [7, 11) is 2.21. The molecule has 2 aliphatic rings. The summed E-state index contributed by atoms with van der Waals surface area (Å²) in [5, 5.41) is 0. The first-order valence-electron chi connectivity index (χ1n) is 6.18. The van der Waals surface area contributed by atoms with Gasteiger partial charge < -0.3 is 9.64 Å². The van der Waals surface area contributed by atoms with Crippen molar-refractivity contribution < 1.29 is 4.74 Å². The van der Waals surface area contributed by atoms with E-state index >= 15 is 0 Å². The highest BCUT2D eigenvalue weighted by atomic mass is 16.5. The molecule has 1 unspecified atom stereocenters. The van der Waals surface area contributed by atoms with Gasteiger partial charge >= 0.3 is 0 Å². The molecule has 0 saturated carbocycles. The van der Waals surface area contributed by atoms with Crippen molar-refractivity contribution in [1.29, 1.82) is 0 Å². The normalized spacial score (nSPS) is 34.2. The highest BCUT2D eigenvalue weighted by Crippen LogP contribution is 2.40. The quantitative estimate of drug-likeness (QED) is 0.662. The maximum absolute atomic E-state index is 6.14. The second kappa shape index (κ2) is 3.86. The Kier molecular flexibility index (Phi) is 2.49. The molecular formula is C14H19NO. The van der Waals surface area contributed by atoms with E-state index in [4.69, 9.17) is 4.74 Å². The second-order valence-electron chi connectivity index (χ2n) is 5.10. The van der Waals surface area contributed by atoms with Gasteiger partial charge in [-0.15, -0.1) is 0 Å². The third-order valence-electron chi connectivity index (χ3n) is 3.96. The van der Waals surface area contributed by atoms with Crippen LogP contribution < -0.4 is 0 Å². The van der Waals surface area contributed by atoms with Gasteiger partial charge in [-0.2, -0.15) is 0 Å². The maximum Gasteiger partial charge on any atom is 0.0803 e. The average Bonchev–Trinajstić information content (AvgIpc) is 2.31. The van der Waals surface area contributed by atoms with E-state index in [9.17, 15) is 0 Å². The smallest absolute Gasteiger partial charge is 0.0803 e. The molecule has 0 N–H and O–H groups in total. The molecule has 0 radical (unpaired) electrons. The number of hydrogen-bond acceptors (Lipinski definition) is 2. The summed E-state index contributed by atoms with van der Waals surface area (Å²) in [4.78, 5) is 2.41.